The minimum absolute atomic E-state index is 0.158. The van der Waals surface area contributed by atoms with E-state index in [2.05, 4.69) is 16.6 Å². The highest BCUT2D eigenvalue weighted by atomic mass is 19.4. The number of carbonyl (C=O) groups is 1. The lowest BCUT2D eigenvalue weighted by Crippen LogP contribution is -2.18. The number of nitriles is 1. The summed E-state index contributed by atoms with van der Waals surface area (Å²) in [6.07, 6.45) is -3.21. The molecule has 0 saturated heterocycles. The number of nitrogens with zero attached hydrogens (tertiary/aromatic N) is 2. The number of rotatable bonds is 6. The summed E-state index contributed by atoms with van der Waals surface area (Å²) in [5, 5.41) is 13.0. The molecule has 0 fully saturated rings. The minimum atomic E-state index is -4.54. The molecule has 0 aromatic heterocycles. The third kappa shape index (κ3) is 5.70. The van der Waals surface area contributed by atoms with Gasteiger partial charge in [-0.2, -0.15) is 23.5 Å². The molecule has 0 unspecified atom stereocenters. The van der Waals surface area contributed by atoms with Crippen LogP contribution in [0, 0.1) is 11.3 Å². The van der Waals surface area contributed by atoms with Gasteiger partial charge in [-0.15, -0.1) is 0 Å². The van der Waals surface area contributed by atoms with Gasteiger partial charge in [-0.1, -0.05) is 36.4 Å². The summed E-state index contributed by atoms with van der Waals surface area (Å²) < 4.78 is 44.2. The molecule has 0 heterocycles. The van der Waals surface area contributed by atoms with Crippen LogP contribution in [0.15, 0.2) is 77.9 Å². The van der Waals surface area contributed by atoms with Gasteiger partial charge in [0.05, 0.1) is 23.4 Å². The van der Waals surface area contributed by atoms with Crippen LogP contribution in [0.5, 0.6) is 5.75 Å². The predicted octanol–water partition coefficient (Wildman–Crippen LogP) is 4.92. The summed E-state index contributed by atoms with van der Waals surface area (Å²) in [6.45, 7) is 0.158. The van der Waals surface area contributed by atoms with E-state index in [9.17, 15) is 18.0 Å². The molecule has 0 atom stereocenters. The molecule has 3 aromatic carbocycles. The zero-order valence-electron chi connectivity index (χ0n) is 16.1. The van der Waals surface area contributed by atoms with Gasteiger partial charge in [-0.25, -0.2) is 5.43 Å². The van der Waals surface area contributed by atoms with Crippen LogP contribution in [0.3, 0.4) is 0 Å². The molecule has 3 aromatic rings. The Labute approximate surface area is 176 Å². The molecule has 156 valence electrons. The van der Waals surface area contributed by atoms with Crippen LogP contribution in [0.25, 0.3) is 0 Å². The number of carbonyl (C=O) groups excluding carboxylic acids is 1. The summed E-state index contributed by atoms with van der Waals surface area (Å²) in [6, 6.07) is 20.1. The maximum absolute atomic E-state index is 12.8. The first kappa shape index (κ1) is 21.6. The van der Waals surface area contributed by atoms with Crippen molar-refractivity contribution in [2.24, 2.45) is 5.10 Å². The number of hydrazone groups is 1. The molecule has 5 nitrogen and oxygen atoms in total. The highest BCUT2D eigenvalue weighted by Crippen LogP contribution is 2.29. The van der Waals surface area contributed by atoms with E-state index >= 15 is 0 Å². The summed E-state index contributed by atoms with van der Waals surface area (Å²) in [7, 11) is 0. The maximum Gasteiger partial charge on any atom is 0.416 e. The lowest BCUT2D eigenvalue weighted by molar-refractivity contribution is -0.137. The van der Waals surface area contributed by atoms with Crippen molar-refractivity contribution in [3.63, 3.8) is 0 Å². The lowest BCUT2D eigenvalue weighted by Gasteiger charge is -2.10. The minimum Gasteiger partial charge on any atom is -0.488 e. The molecule has 0 aliphatic rings. The predicted molar refractivity (Wildman–Crippen MR) is 108 cm³/mol. The fourth-order valence-corrected chi connectivity index (χ4v) is 2.69. The Morgan fingerprint density at radius 3 is 2.58 bits per heavy atom. The molecule has 0 aliphatic carbocycles. The number of hydrogen-bond donors (Lipinski definition) is 1. The van der Waals surface area contributed by atoms with Crippen LogP contribution in [0.2, 0.25) is 0 Å². The van der Waals surface area contributed by atoms with Crippen LogP contribution in [-0.4, -0.2) is 12.1 Å². The van der Waals surface area contributed by atoms with Crippen molar-refractivity contribution in [3.05, 3.63) is 101 Å². The van der Waals surface area contributed by atoms with Gasteiger partial charge in [0.1, 0.15) is 12.4 Å². The Bertz CT molecular complexity index is 1150. The van der Waals surface area contributed by atoms with Gasteiger partial charge in [-0.3, -0.25) is 4.79 Å². The summed E-state index contributed by atoms with van der Waals surface area (Å²) in [5.74, 6) is -0.309. The van der Waals surface area contributed by atoms with E-state index in [4.69, 9.17) is 10.00 Å². The quantitative estimate of drug-likeness (QED) is 0.452. The number of benzene rings is 3. The van der Waals surface area contributed by atoms with Crippen molar-refractivity contribution < 1.29 is 22.7 Å². The van der Waals surface area contributed by atoms with Gasteiger partial charge in [0, 0.05) is 16.7 Å². The highest BCUT2D eigenvalue weighted by molar-refractivity contribution is 5.95. The normalized spacial score (nSPS) is 11.2. The van der Waals surface area contributed by atoms with E-state index < -0.39 is 17.6 Å². The molecule has 0 radical (unpaired) electrons. The van der Waals surface area contributed by atoms with Crippen molar-refractivity contribution in [1.29, 1.82) is 5.26 Å². The first-order chi connectivity index (χ1) is 14.9. The average molecular weight is 423 g/mol. The van der Waals surface area contributed by atoms with Gasteiger partial charge in [0.15, 0.2) is 0 Å². The molecule has 0 bridgehead atoms. The first-order valence-electron chi connectivity index (χ1n) is 9.09. The smallest absolute Gasteiger partial charge is 0.416 e. The molecule has 0 saturated carbocycles. The van der Waals surface area contributed by atoms with Crippen LogP contribution in [-0.2, 0) is 12.8 Å². The number of halogens is 3. The highest BCUT2D eigenvalue weighted by Gasteiger charge is 2.30. The second-order valence-corrected chi connectivity index (χ2v) is 6.37. The van der Waals surface area contributed by atoms with Crippen LogP contribution >= 0.6 is 0 Å². The van der Waals surface area contributed by atoms with E-state index in [1.807, 2.05) is 0 Å². The lowest BCUT2D eigenvalue weighted by atomic mass is 10.1. The molecule has 31 heavy (non-hydrogen) atoms. The molecule has 0 spiro atoms. The molecule has 1 N–H and O–H groups in total. The van der Waals surface area contributed by atoms with Crippen LogP contribution in [0.4, 0.5) is 13.2 Å². The Hall–Kier alpha value is -4.12. The number of hydrogen-bond acceptors (Lipinski definition) is 4. The van der Waals surface area contributed by atoms with Gasteiger partial charge >= 0.3 is 6.18 Å². The standard InChI is InChI=1S/C23H16F3N3O2/c24-23(25,26)20-10-5-9-16(12-20)22(30)29-28-14-18-7-3-4-11-21(18)31-15-19-8-2-1-6-17(19)13-27/h1-12,14H,15H2,(H,29,30)/b28-14-. The molecule has 1 amide bonds. The zero-order chi connectivity index (χ0) is 22.3. The molecule has 3 rings (SSSR count). The van der Waals surface area contributed by atoms with Gasteiger partial charge in [0.2, 0.25) is 0 Å². The molecular formula is C23H16F3N3O2. The van der Waals surface area contributed by atoms with Gasteiger partial charge in [0.25, 0.3) is 5.91 Å². The van der Waals surface area contributed by atoms with Crippen molar-refractivity contribution in [1.82, 2.24) is 5.43 Å². The van der Waals surface area contributed by atoms with E-state index in [1.165, 1.54) is 12.3 Å². The second-order valence-electron chi connectivity index (χ2n) is 6.37. The Kier molecular flexibility index (Phi) is 6.67. The Morgan fingerprint density at radius 1 is 1.06 bits per heavy atom. The second kappa shape index (κ2) is 9.59. The van der Waals surface area contributed by atoms with Crippen molar-refractivity contribution >= 4 is 12.1 Å². The fraction of sp³-hybridized carbons (Fsp3) is 0.0870. The number of alkyl halides is 3. The Balaban J connectivity index is 1.68. The van der Waals surface area contributed by atoms with E-state index in [-0.39, 0.29) is 12.2 Å². The number of para-hydroxylation sites is 1. The van der Waals surface area contributed by atoms with Crippen LogP contribution in [0.1, 0.15) is 32.6 Å². The largest absolute Gasteiger partial charge is 0.488 e. The number of nitrogens with one attached hydrogen (secondary N) is 1. The zero-order valence-corrected chi connectivity index (χ0v) is 16.1. The van der Waals surface area contributed by atoms with Crippen molar-refractivity contribution in [3.8, 4) is 11.8 Å². The first-order valence-corrected chi connectivity index (χ1v) is 9.09. The van der Waals surface area contributed by atoms with E-state index in [0.29, 0.717) is 16.9 Å². The van der Waals surface area contributed by atoms with E-state index in [1.54, 1.807) is 48.5 Å². The number of ether oxygens (including phenoxy) is 1. The van der Waals surface area contributed by atoms with Crippen molar-refractivity contribution in [2.45, 2.75) is 12.8 Å². The Morgan fingerprint density at radius 2 is 1.81 bits per heavy atom. The SMILES string of the molecule is N#Cc1ccccc1COc1ccccc1/C=N\NC(=O)c1cccc(C(F)(F)F)c1. The van der Waals surface area contributed by atoms with Crippen molar-refractivity contribution in [2.75, 3.05) is 0 Å². The van der Waals surface area contributed by atoms with Crippen LogP contribution < -0.4 is 10.2 Å². The fourth-order valence-electron chi connectivity index (χ4n) is 2.69. The monoisotopic (exact) mass is 423 g/mol. The third-order valence-corrected chi connectivity index (χ3v) is 4.26. The topological polar surface area (TPSA) is 74.5 Å². The van der Waals surface area contributed by atoms with E-state index in [0.717, 1.165) is 23.8 Å². The number of amides is 1. The summed E-state index contributed by atoms with van der Waals surface area (Å²) in [4.78, 5) is 12.1. The average Bonchev–Trinajstić information content (AvgIpc) is 2.78. The summed E-state index contributed by atoms with van der Waals surface area (Å²) in [5.41, 5.74) is 2.89. The van der Waals surface area contributed by atoms with Gasteiger partial charge in [-0.05, 0) is 36.4 Å². The molecule has 8 heteroatoms. The molecular weight excluding hydrogens is 407 g/mol. The molecule has 0 aliphatic heterocycles. The third-order valence-electron chi connectivity index (χ3n) is 4.26. The summed E-state index contributed by atoms with van der Waals surface area (Å²) >= 11 is 0. The maximum atomic E-state index is 12.8. The van der Waals surface area contributed by atoms with Gasteiger partial charge < -0.3 is 4.74 Å².